The Morgan fingerprint density at radius 1 is 1.26 bits per heavy atom. The summed E-state index contributed by atoms with van der Waals surface area (Å²) in [4.78, 5) is 19.2. The molecule has 0 spiro atoms. The van der Waals surface area contributed by atoms with Crippen molar-refractivity contribution in [2.24, 2.45) is 0 Å². The van der Waals surface area contributed by atoms with Crippen LogP contribution in [0, 0.1) is 6.92 Å². The van der Waals surface area contributed by atoms with Gasteiger partial charge in [-0.25, -0.2) is 4.98 Å². The number of hydrogen-bond donors (Lipinski definition) is 0. The molecule has 0 bridgehead atoms. The number of hydrogen-bond acceptors (Lipinski definition) is 3. The van der Waals surface area contributed by atoms with Gasteiger partial charge in [0.1, 0.15) is 0 Å². The topological polar surface area (TPSA) is 42.4 Å². The molecule has 1 saturated heterocycles. The summed E-state index contributed by atoms with van der Waals surface area (Å²) in [5.74, 6) is 0.716. The van der Waals surface area contributed by atoms with E-state index in [1.54, 1.807) is 7.11 Å². The highest BCUT2D eigenvalue weighted by atomic mass is 16.5. The zero-order valence-electron chi connectivity index (χ0n) is 13.7. The van der Waals surface area contributed by atoms with Crippen LogP contribution in [0.15, 0.2) is 42.6 Å². The molecule has 0 saturated carbocycles. The van der Waals surface area contributed by atoms with Crippen molar-refractivity contribution in [3.8, 4) is 5.88 Å². The molecule has 0 unspecified atom stereocenters. The van der Waals surface area contributed by atoms with E-state index >= 15 is 0 Å². The lowest BCUT2D eigenvalue weighted by Crippen LogP contribution is -2.38. The molecule has 0 aliphatic carbocycles. The highest BCUT2D eigenvalue weighted by molar-refractivity contribution is 5.94. The zero-order chi connectivity index (χ0) is 16.2. The molecule has 120 valence electrons. The maximum Gasteiger partial charge on any atom is 0.254 e. The summed E-state index contributed by atoms with van der Waals surface area (Å²) in [6, 6.07) is 11.5. The second kappa shape index (κ2) is 6.82. The number of carbonyl (C=O) groups is 1. The van der Waals surface area contributed by atoms with E-state index in [1.165, 1.54) is 0 Å². The van der Waals surface area contributed by atoms with Crippen LogP contribution in [0.25, 0.3) is 0 Å². The van der Waals surface area contributed by atoms with E-state index < -0.39 is 0 Å². The molecule has 1 aromatic heterocycles. The third-order valence-electron chi connectivity index (χ3n) is 4.48. The van der Waals surface area contributed by atoms with Gasteiger partial charge in [0.2, 0.25) is 5.88 Å². The summed E-state index contributed by atoms with van der Waals surface area (Å²) >= 11 is 0. The van der Waals surface area contributed by atoms with E-state index in [-0.39, 0.29) is 11.9 Å². The molecule has 3 rings (SSSR count). The van der Waals surface area contributed by atoms with E-state index in [0.29, 0.717) is 5.88 Å². The SMILES string of the molecule is COc1cc(C)c([C@H]2CCCCN2C(=O)c2ccccc2)cn1. The average molecular weight is 310 g/mol. The molecule has 1 atom stereocenters. The van der Waals surface area contributed by atoms with Gasteiger partial charge >= 0.3 is 0 Å². The van der Waals surface area contributed by atoms with E-state index in [1.807, 2.05) is 47.5 Å². The Kier molecular flexibility index (Phi) is 4.60. The Labute approximate surface area is 137 Å². The number of amides is 1. The molecule has 1 fully saturated rings. The summed E-state index contributed by atoms with van der Waals surface area (Å²) in [6.45, 7) is 2.85. The standard InChI is InChI=1S/C19H22N2O2/c1-14-12-18(23-2)20-13-16(14)17-10-6-7-11-21(17)19(22)15-8-4-3-5-9-15/h3-5,8-9,12-13,17H,6-7,10-11H2,1-2H3/t17-/m1/s1. The second-order valence-corrected chi connectivity index (χ2v) is 5.96. The predicted octanol–water partition coefficient (Wildman–Crippen LogP) is 3.77. The molecule has 2 aromatic rings. The van der Waals surface area contributed by atoms with Gasteiger partial charge in [0, 0.05) is 24.4 Å². The Balaban J connectivity index is 1.91. The zero-order valence-corrected chi connectivity index (χ0v) is 13.7. The molecule has 1 aliphatic heterocycles. The number of benzene rings is 1. The fraction of sp³-hybridized carbons (Fsp3) is 0.368. The van der Waals surface area contributed by atoms with Crippen LogP contribution in [0.2, 0.25) is 0 Å². The molecular formula is C19H22N2O2. The second-order valence-electron chi connectivity index (χ2n) is 5.96. The third kappa shape index (κ3) is 3.21. The first-order valence-electron chi connectivity index (χ1n) is 8.07. The van der Waals surface area contributed by atoms with Crippen molar-refractivity contribution in [1.82, 2.24) is 9.88 Å². The number of pyridine rings is 1. The first-order chi connectivity index (χ1) is 11.2. The summed E-state index contributed by atoms with van der Waals surface area (Å²) < 4.78 is 5.19. The predicted molar refractivity (Wildman–Crippen MR) is 89.6 cm³/mol. The lowest BCUT2D eigenvalue weighted by atomic mass is 9.93. The molecule has 0 radical (unpaired) electrons. The maximum atomic E-state index is 12.9. The molecule has 23 heavy (non-hydrogen) atoms. The smallest absolute Gasteiger partial charge is 0.254 e. The molecule has 1 aromatic carbocycles. The fourth-order valence-corrected chi connectivity index (χ4v) is 3.25. The van der Waals surface area contributed by atoms with Crippen LogP contribution in [0.4, 0.5) is 0 Å². The van der Waals surface area contributed by atoms with Crippen LogP contribution < -0.4 is 4.74 Å². The largest absolute Gasteiger partial charge is 0.481 e. The number of aromatic nitrogens is 1. The molecule has 1 amide bonds. The van der Waals surface area contributed by atoms with Crippen LogP contribution in [-0.2, 0) is 0 Å². The number of aryl methyl sites for hydroxylation is 1. The van der Waals surface area contributed by atoms with Crippen LogP contribution >= 0.6 is 0 Å². The quantitative estimate of drug-likeness (QED) is 0.866. The van der Waals surface area contributed by atoms with Crippen molar-refractivity contribution in [1.29, 1.82) is 0 Å². The maximum absolute atomic E-state index is 12.9. The number of rotatable bonds is 3. The average Bonchev–Trinajstić information content (AvgIpc) is 2.62. The molecule has 4 nitrogen and oxygen atoms in total. The number of methoxy groups -OCH3 is 1. The van der Waals surface area contributed by atoms with Gasteiger partial charge in [-0.1, -0.05) is 18.2 Å². The Bertz CT molecular complexity index is 685. The first-order valence-corrected chi connectivity index (χ1v) is 8.07. The minimum atomic E-state index is 0.0925. The Morgan fingerprint density at radius 3 is 2.74 bits per heavy atom. The van der Waals surface area contributed by atoms with Gasteiger partial charge in [0.05, 0.1) is 13.2 Å². The van der Waals surface area contributed by atoms with Crippen molar-refractivity contribution in [3.05, 3.63) is 59.3 Å². The monoisotopic (exact) mass is 310 g/mol. The first kappa shape index (κ1) is 15.5. The number of piperidine rings is 1. The van der Waals surface area contributed by atoms with Crippen molar-refractivity contribution < 1.29 is 9.53 Å². The van der Waals surface area contributed by atoms with Gasteiger partial charge in [-0.3, -0.25) is 4.79 Å². The summed E-state index contributed by atoms with van der Waals surface area (Å²) in [5.41, 5.74) is 2.99. The lowest BCUT2D eigenvalue weighted by Gasteiger charge is -2.36. The number of nitrogens with zero attached hydrogens (tertiary/aromatic N) is 2. The lowest BCUT2D eigenvalue weighted by molar-refractivity contribution is 0.0610. The highest BCUT2D eigenvalue weighted by Gasteiger charge is 2.29. The Morgan fingerprint density at radius 2 is 2.04 bits per heavy atom. The van der Waals surface area contributed by atoms with E-state index in [2.05, 4.69) is 11.9 Å². The normalized spacial score (nSPS) is 17.8. The van der Waals surface area contributed by atoms with Gasteiger partial charge in [-0.15, -0.1) is 0 Å². The van der Waals surface area contributed by atoms with Crippen molar-refractivity contribution >= 4 is 5.91 Å². The van der Waals surface area contributed by atoms with Crippen LogP contribution in [0.5, 0.6) is 5.88 Å². The molecule has 2 heterocycles. The summed E-state index contributed by atoms with van der Waals surface area (Å²) in [6.07, 6.45) is 5.02. The van der Waals surface area contributed by atoms with Crippen LogP contribution in [0.3, 0.4) is 0 Å². The number of carbonyl (C=O) groups excluding carboxylic acids is 1. The molecule has 4 heteroatoms. The third-order valence-corrected chi connectivity index (χ3v) is 4.48. The fourth-order valence-electron chi connectivity index (χ4n) is 3.25. The van der Waals surface area contributed by atoms with E-state index in [0.717, 1.165) is 42.5 Å². The van der Waals surface area contributed by atoms with Gasteiger partial charge < -0.3 is 9.64 Å². The van der Waals surface area contributed by atoms with E-state index in [9.17, 15) is 4.79 Å². The number of ether oxygens (including phenoxy) is 1. The molecule has 0 N–H and O–H groups in total. The highest BCUT2D eigenvalue weighted by Crippen LogP contribution is 2.34. The van der Waals surface area contributed by atoms with Crippen molar-refractivity contribution in [2.45, 2.75) is 32.2 Å². The summed E-state index contributed by atoms with van der Waals surface area (Å²) in [7, 11) is 1.62. The minimum Gasteiger partial charge on any atom is -0.481 e. The van der Waals surface area contributed by atoms with Gasteiger partial charge in [0.25, 0.3) is 5.91 Å². The molecule has 1 aliphatic rings. The molecular weight excluding hydrogens is 288 g/mol. The minimum absolute atomic E-state index is 0.0925. The van der Waals surface area contributed by atoms with Crippen LogP contribution in [-0.4, -0.2) is 29.4 Å². The summed E-state index contributed by atoms with van der Waals surface area (Å²) in [5, 5.41) is 0. The van der Waals surface area contributed by atoms with Gasteiger partial charge in [-0.2, -0.15) is 0 Å². The van der Waals surface area contributed by atoms with Gasteiger partial charge in [-0.05, 0) is 49.4 Å². The van der Waals surface area contributed by atoms with Crippen molar-refractivity contribution in [2.75, 3.05) is 13.7 Å². The van der Waals surface area contributed by atoms with E-state index in [4.69, 9.17) is 4.74 Å². The van der Waals surface area contributed by atoms with Gasteiger partial charge in [0.15, 0.2) is 0 Å². The number of likely N-dealkylation sites (tertiary alicyclic amines) is 1. The van der Waals surface area contributed by atoms with Crippen LogP contribution in [0.1, 0.15) is 46.8 Å². The Hall–Kier alpha value is -2.36. The van der Waals surface area contributed by atoms with Crippen molar-refractivity contribution in [3.63, 3.8) is 0 Å².